The van der Waals surface area contributed by atoms with Gasteiger partial charge in [-0.25, -0.2) is 0 Å². The van der Waals surface area contributed by atoms with Gasteiger partial charge in [-0.2, -0.15) is 0 Å². The fourth-order valence-electron chi connectivity index (χ4n) is 4.06. The highest BCUT2D eigenvalue weighted by Crippen LogP contribution is 2.42. The van der Waals surface area contributed by atoms with Crippen molar-refractivity contribution in [3.63, 3.8) is 0 Å². The molecule has 0 aromatic heterocycles. The molecule has 32 heavy (non-hydrogen) atoms. The maximum atomic E-state index is 13.4. The van der Waals surface area contributed by atoms with Crippen LogP contribution in [0.1, 0.15) is 43.4 Å². The summed E-state index contributed by atoms with van der Waals surface area (Å²) < 4.78 is 0. The lowest BCUT2D eigenvalue weighted by Gasteiger charge is -2.36. The van der Waals surface area contributed by atoms with Crippen LogP contribution in [0.5, 0.6) is 0 Å². The molecule has 0 bridgehead atoms. The second-order valence-corrected chi connectivity index (χ2v) is 8.22. The van der Waals surface area contributed by atoms with Crippen LogP contribution in [0.15, 0.2) is 103 Å². The highest BCUT2D eigenvalue weighted by molar-refractivity contribution is 5.88. The number of primary amides is 1. The Hall–Kier alpha value is -3.66. The van der Waals surface area contributed by atoms with Gasteiger partial charge in [-0.1, -0.05) is 103 Å². The fourth-order valence-corrected chi connectivity index (χ4v) is 4.06. The van der Waals surface area contributed by atoms with E-state index in [1.807, 2.05) is 111 Å². The van der Waals surface area contributed by atoms with Crippen LogP contribution in [0.4, 0.5) is 0 Å². The number of nitrogens with two attached hydrogens (primary N) is 1. The zero-order valence-corrected chi connectivity index (χ0v) is 18.6. The molecule has 0 radical (unpaired) electrons. The standard InChI is InChI=1S/C28H30N2O2/c1-21(2)18-19-25(27(29)32)30-26(31)20-28(22-12-6-3-7-13-22,23-14-8-4-9-15-23)24-16-10-5-11-17-24/h3-18,25H,19-20H2,1-2H3,(H2,29,32)(H,30,31)/t25-/m1/s1. The SMILES string of the molecule is CC(C)=CC[C@@H](NC(=O)CC(c1ccccc1)(c1ccccc1)c1ccccc1)C(N)=O. The minimum atomic E-state index is -0.752. The molecule has 4 nitrogen and oxygen atoms in total. The van der Waals surface area contributed by atoms with Gasteiger partial charge in [0.15, 0.2) is 0 Å². The third-order valence-electron chi connectivity index (χ3n) is 5.67. The van der Waals surface area contributed by atoms with Crippen molar-refractivity contribution in [1.82, 2.24) is 5.32 Å². The van der Waals surface area contributed by atoms with Gasteiger partial charge in [0.2, 0.25) is 11.8 Å². The molecule has 0 saturated heterocycles. The lowest BCUT2D eigenvalue weighted by molar-refractivity contribution is -0.127. The molecular formula is C28H30N2O2. The summed E-state index contributed by atoms with van der Waals surface area (Å²) in [5.74, 6) is -0.770. The van der Waals surface area contributed by atoms with Crippen molar-refractivity contribution in [1.29, 1.82) is 0 Å². The average molecular weight is 427 g/mol. The maximum Gasteiger partial charge on any atom is 0.240 e. The Bertz CT molecular complexity index is 960. The molecule has 164 valence electrons. The van der Waals surface area contributed by atoms with Crippen LogP contribution in [0.25, 0.3) is 0 Å². The van der Waals surface area contributed by atoms with Crippen LogP contribution in [-0.4, -0.2) is 17.9 Å². The first-order valence-electron chi connectivity index (χ1n) is 10.8. The van der Waals surface area contributed by atoms with E-state index >= 15 is 0 Å². The van der Waals surface area contributed by atoms with E-state index in [9.17, 15) is 9.59 Å². The Morgan fingerprint density at radius 3 is 1.56 bits per heavy atom. The molecule has 3 N–H and O–H groups in total. The summed E-state index contributed by atoms with van der Waals surface area (Å²) in [7, 11) is 0. The first-order valence-corrected chi connectivity index (χ1v) is 10.8. The number of rotatable bonds is 9. The van der Waals surface area contributed by atoms with Gasteiger partial charge in [0, 0.05) is 6.42 Å². The topological polar surface area (TPSA) is 72.2 Å². The van der Waals surface area contributed by atoms with Gasteiger partial charge in [-0.15, -0.1) is 0 Å². The molecule has 4 heteroatoms. The van der Waals surface area contributed by atoms with Gasteiger partial charge < -0.3 is 11.1 Å². The van der Waals surface area contributed by atoms with Crippen molar-refractivity contribution in [3.8, 4) is 0 Å². The summed E-state index contributed by atoms with van der Waals surface area (Å²) in [5.41, 5.74) is 8.96. The minimum Gasteiger partial charge on any atom is -0.368 e. The Balaban J connectivity index is 2.08. The molecule has 3 rings (SSSR count). The van der Waals surface area contributed by atoms with E-state index in [0.717, 1.165) is 22.3 Å². The molecule has 3 aromatic rings. The molecule has 0 aliphatic heterocycles. The van der Waals surface area contributed by atoms with Crippen molar-refractivity contribution in [2.45, 2.75) is 38.1 Å². The molecule has 0 aliphatic carbocycles. The Labute approximate surface area is 190 Å². The van der Waals surface area contributed by atoms with Crippen LogP contribution in [0, 0.1) is 0 Å². The highest BCUT2D eigenvalue weighted by Gasteiger charge is 2.39. The summed E-state index contributed by atoms with van der Waals surface area (Å²) in [6, 6.07) is 29.3. The van der Waals surface area contributed by atoms with E-state index < -0.39 is 17.4 Å². The molecule has 3 aromatic carbocycles. The van der Waals surface area contributed by atoms with E-state index in [2.05, 4.69) is 5.32 Å². The monoisotopic (exact) mass is 426 g/mol. The zero-order chi connectivity index (χ0) is 23.0. The minimum absolute atomic E-state index is 0.143. The highest BCUT2D eigenvalue weighted by atomic mass is 16.2. The van der Waals surface area contributed by atoms with Crippen LogP contribution in [0.2, 0.25) is 0 Å². The van der Waals surface area contributed by atoms with Crippen molar-refractivity contribution in [3.05, 3.63) is 119 Å². The number of hydrogen-bond acceptors (Lipinski definition) is 2. The third kappa shape index (κ3) is 5.33. The van der Waals surface area contributed by atoms with Crippen molar-refractivity contribution in [2.24, 2.45) is 5.73 Å². The smallest absolute Gasteiger partial charge is 0.240 e. The molecule has 0 spiro atoms. The second-order valence-electron chi connectivity index (χ2n) is 8.22. The number of amides is 2. The Morgan fingerprint density at radius 1 is 0.812 bits per heavy atom. The van der Waals surface area contributed by atoms with Crippen LogP contribution < -0.4 is 11.1 Å². The van der Waals surface area contributed by atoms with E-state index in [-0.39, 0.29) is 12.3 Å². The van der Waals surface area contributed by atoms with Gasteiger partial charge >= 0.3 is 0 Å². The van der Waals surface area contributed by atoms with Crippen molar-refractivity contribution < 1.29 is 9.59 Å². The van der Waals surface area contributed by atoms with Gasteiger partial charge in [0.25, 0.3) is 0 Å². The number of carbonyl (C=O) groups excluding carboxylic acids is 2. The summed E-state index contributed by atoms with van der Waals surface area (Å²) in [6.45, 7) is 3.90. The van der Waals surface area contributed by atoms with Crippen LogP contribution in [0.3, 0.4) is 0 Å². The summed E-state index contributed by atoms with van der Waals surface area (Å²) in [5, 5.41) is 2.88. The molecule has 0 saturated carbocycles. The van der Waals surface area contributed by atoms with Crippen molar-refractivity contribution in [2.75, 3.05) is 0 Å². The predicted octanol–water partition coefficient (Wildman–Crippen LogP) is 4.74. The molecule has 0 unspecified atom stereocenters. The van der Waals surface area contributed by atoms with Crippen LogP contribution in [-0.2, 0) is 15.0 Å². The summed E-state index contributed by atoms with van der Waals surface area (Å²) in [4.78, 5) is 25.4. The lowest BCUT2D eigenvalue weighted by atomic mass is 9.67. The molecule has 0 heterocycles. The van der Waals surface area contributed by atoms with E-state index in [1.165, 1.54) is 0 Å². The van der Waals surface area contributed by atoms with Gasteiger partial charge in [0.05, 0.1) is 5.41 Å². The number of allylic oxidation sites excluding steroid dienone is 1. The third-order valence-corrected chi connectivity index (χ3v) is 5.67. The molecular weight excluding hydrogens is 396 g/mol. The lowest BCUT2D eigenvalue weighted by Crippen LogP contribution is -2.46. The number of benzene rings is 3. The number of carbonyl (C=O) groups is 2. The molecule has 0 fully saturated rings. The van der Waals surface area contributed by atoms with E-state index in [1.54, 1.807) is 0 Å². The first-order chi connectivity index (χ1) is 15.4. The fraction of sp³-hybridized carbons (Fsp3) is 0.214. The van der Waals surface area contributed by atoms with E-state index in [4.69, 9.17) is 5.73 Å². The molecule has 0 aliphatic rings. The van der Waals surface area contributed by atoms with Gasteiger partial charge in [0.1, 0.15) is 6.04 Å². The average Bonchev–Trinajstić information content (AvgIpc) is 2.81. The quantitative estimate of drug-likeness (QED) is 0.383. The van der Waals surface area contributed by atoms with Crippen LogP contribution >= 0.6 is 0 Å². The number of hydrogen-bond donors (Lipinski definition) is 2. The Morgan fingerprint density at radius 2 is 1.22 bits per heavy atom. The Kier molecular flexibility index (Phi) is 7.61. The van der Waals surface area contributed by atoms with Crippen molar-refractivity contribution >= 4 is 11.8 Å². The predicted molar refractivity (Wildman–Crippen MR) is 129 cm³/mol. The second kappa shape index (κ2) is 10.6. The largest absolute Gasteiger partial charge is 0.368 e. The molecule has 1 atom stereocenters. The van der Waals surface area contributed by atoms with Gasteiger partial charge in [-0.3, -0.25) is 9.59 Å². The first kappa shape index (κ1) is 23.0. The number of nitrogens with one attached hydrogen (secondary N) is 1. The van der Waals surface area contributed by atoms with Gasteiger partial charge in [-0.05, 0) is 37.0 Å². The summed E-state index contributed by atoms with van der Waals surface area (Å²) in [6.07, 6.45) is 2.43. The van der Waals surface area contributed by atoms with E-state index in [0.29, 0.717) is 6.42 Å². The maximum absolute atomic E-state index is 13.4. The molecule has 2 amide bonds. The normalized spacial score (nSPS) is 11.9. The summed E-state index contributed by atoms with van der Waals surface area (Å²) >= 11 is 0. The zero-order valence-electron chi connectivity index (χ0n) is 18.6.